The van der Waals surface area contributed by atoms with Crippen LogP contribution in [0.4, 0.5) is 26.0 Å². The van der Waals surface area contributed by atoms with E-state index in [2.05, 4.69) is 10.3 Å². The van der Waals surface area contributed by atoms with Crippen molar-refractivity contribution in [1.29, 1.82) is 0 Å². The Morgan fingerprint density at radius 2 is 1.94 bits per heavy atom. The highest BCUT2D eigenvalue weighted by Gasteiger charge is 2.16. The standard InChI is InChI=1S/C22H22F2N4O4/c1-28(18-6-3-13(23)8-16(18)24)14-4-7-19(30)15(9-14)17-5-2-12(21(25)27-17)10-26-22(32)20(31)11-29/h2-9,20,29-31H,10-11H2,1H3,(H2,25,27)(H,26,32)/t20-/m0/s1. The van der Waals surface area contributed by atoms with Crippen molar-refractivity contribution < 1.29 is 28.9 Å². The number of nitrogens with two attached hydrogens (primary N) is 1. The smallest absolute Gasteiger partial charge is 0.251 e. The van der Waals surface area contributed by atoms with Crippen LogP contribution < -0.4 is 16.0 Å². The average Bonchev–Trinajstić information content (AvgIpc) is 2.77. The molecule has 3 aromatic rings. The number of carbonyl (C=O) groups is 1. The van der Waals surface area contributed by atoms with Crippen molar-refractivity contribution in [3.05, 3.63) is 65.7 Å². The number of anilines is 3. The molecule has 0 saturated heterocycles. The van der Waals surface area contributed by atoms with Gasteiger partial charge in [-0.25, -0.2) is 13.8 Å². The number of amides is 1. The lowest BCUT2D eigenvalue weighted by atomic mass is 10.1. The largest absolute Gasteiger partial charge is 0.507 e. The van der Waals surface area contributed by atoms with Gasteiger partial charge in [-0.1, -0.05) is 6.07 Å². The first-order chi connectivity index (χ1) is 15.2. The Morgan fingerprint density at radius 3 is 2.59 bits per heavy atom. The Bertz CT molecular complexity index is 1140. The number of hydrogen-bond donors (Lipinski definition) is 5. The molecule has 0 radical (unpaired) electrons. The lowest BCUT2D eigenvalue weighted by Gasteiger charge is -2.21. The number of aromatic hydroxyl groups is 1. The van der Waals surface area contributed by atoms with Crippen LogP contribution in [-0.4, -0.2) is 46.0 Å². The molecule has 1 heterocycles. The van der Waals surface area contributed by atoms with Crippen LogP contribution in [0, 0.1) is 11.6 Å². The number of benzene rings is 2. The number of halogens is 2. The summed E-state index contributed by atoms with van der Waals surface area (Å²) in [5, 5.41) is 30.8. The van der Waals surface area contributed by atoms with E-state index >= 15 is 0 Å². The molecule has 168 valence electrons. The Hall–Kier alpha value is -3.76. The molecule has 2 aromatic carbocycles. The molecular weight excluding hydrogens is 422 g/mol. The number of nitrogen functional groups attached to an aromatic ring is 1. The zero-order chi connectivity index (χ0) is 23.4. The Morgan fingerprint density at radius 1 is 1.19 bits per heavy atom. The van der Waals surface area contributed by atoms with Crippen LogP contribution in [0.25, 0.3) is 11.3 Å². The minimum absolute atomic E-state index is 0.0202. The fraction of sp³-hybridized carbons (Fsp3) is 0.182. The number of phenolic OH excluding ortho intramolecular Hbond substituents is 1. The van der Waals surface area contributed by atoms with Crippen LogP contribution in [0.15, 0.2) is 48.5 Å². The summed E-state index contributed by atoms with van der Waals surface area (Å²) in [5.41, 5.74) is 7.76. The monoisotopic (exact) mass is 444 g/mol. The van der Waals surface area contributed by atoms with E-state index in [0.717, 1.165) is 12.1 Å². The van der Waals surface area contributed by atoms with Gasteiger partial charge in [-0.15, -0.1) is 0 Å². The van der Waals surface area contributed by atoms with E-state index in [9.17, 15) is 23.8 Å². The van der Waals surface area contributed by atoms with Gasteiger partial charge < -0.3 is 31.3 Å². The van der Waals surface area contributed by atoms with E-state index in [1.165, 1.54) is 17.0 Å². The molecule has 0 bridgehead atoms. The molecular formula is C22H22F2N4O4. The zero-order valence-corrected chi connectivity index (χ0v) is 17.1. The van der Waals surface area contributed by atoms with Gasteiger partial charge in [-0.3, -0.25) is 4.79 Å². The Labute approximate surface area is 182 Å². The van der Waals surface area contributed by atoms with Gasteiger partial charge in [0.2, 0.25) is 0 Å². The summed E-state index contributed by atoms with van der Waals surface area (Å²) in [6.45, 7) is -0.724. The number of rotatable bonds is 7. The normalized spacial score (nSPS) is 11.8. The van der Waals surface area contributed by atoms with Crippen molar-refractivity contribution in [1.82, 2.24) is 10.3 Å². The number of aromatic nitrogens is 1. The van der Waals surface area contributed by atoms with E-state index in [1.807, 2.05) is 0 Å². The summed E-state index contributed by atoms with van der Waals surface area (Å²) in [7, 11) is 1.60. The van der Waals surface area contributed by atoms with Crippen LogP contribution in [0.3, 0.4) is 0 Å². The number of carbonyl (C=O) groups excluding carboxylic acids is 1. The quantitative estimate of drug-likeness (QED) is 0.377. The molecule has 0 spiro atoms. The second-order valence-electron chi connectivity index (χ2n) is 7.01. The first-order valence-corrected chi connectivity index (χ1v) is 9.55. The third-order valence-corrected chi connectivity index (χ3v) is 4.86. The van der Waals surface area contributed by atoms with Crippen molar-refractivity contribution >= 4 is 23.1 Å². The molecule has 0 fully saturated rings. The molecule has 3 rings (SSSR count). The second kappa shape index (κ2) is 9.58. The lowest BCUT2D eigenvalue weighted by Crippen LogP contribution is -2.36. The van der Waals surface area contributed by atoms with E-state index in [-0.39, 0.29) is 23.8 Å². The lowest BCUT2D eigenvalue weighted by molar-refractivity contribution is -0.131. The molecule has 1 aromatic heterocycles. The Balaban J connectivity index is 1.86. The fourth-order valence-electron chi connectivity index (χ4n) is 3.02. The molecule has 10 heteroatoms. The van der Waals surface area contributed by atoms with Crippen LogP contribution in [0.2, 0.25) is 0 Å². The van der Waals surface area contributed by atoms with Crippen molar-refractivity contribution in [3.8, 4) is 17.0 Å². The number of pyridine rings is 1. The van der Waals surface area contributed by atoms with E-state index < -0.39 is 30.3 Å². The minimum Gasteiger partial charge on any atom is -0.507 e. The fourth-order valence-corrected chi connectivity index (χ4v) is 3.02. The van der Waals surface area contributed by atoms with Crippen LogP contribution >= 0.6 is 0 Å². The molecule has 1 amide bonds. The third-order valence-electron chi connectivity index (χ3n) is 4.86. The maximum Gasteiger partial charge on any atom is 0.251 e. The molecule has 8 nitrogen and oxygen atoms in total. The van der Waals surface area contributed by atoms with Crippen molar-refractivity contribution in [2.24, 2.45) is 0 Å². The number of hydrogen-bond acceptors (Lipinski definition) is 7. The van der Waals surface area contributed by atoms with E-state index in [0.29, 0.717) is 22.5 Å². The molecule has 32 heavy (non-hydrogen) atoms. The summed E-state index contributed by atoms with van der Waals surface area (Å²) in [5.74, 6) is -2.17. The summed E-state index contributed by atoms with van der Waals surface area (Å²) in [6, 6.07) is 11.0. The van der Waals surface area contributed by atoms with Gasteiger partial charge in [0.15, 0.2) is 6.10 Å². The van der Waals surface area contributed by atoms with Crippen LogP contribution in [0.5, 0.6) is 5.75 Å². The number of nitrogens with zero attached hydrogens (tertiary/aromatic N) is 2. The highest BCUT2D eigenvalue weighted by atomic mass is 19.1. The Kier molecular flexibility index (Phi) is 6.86. The van der Waals surface area contributed by atoms with Crippen molar-refractivity contribution in [3.63, 3.8) is 0 Å². The van der Waals surface area contributed by atoms with Crippen molar-refractivity contribution in [2.75, 3.05) is 24.3 Å². The minimum atomic E-state index is -1.54. The maximum atomic E-state index is 14.2. The molecule has 0 aliphatic heterocycles. The van der Waals surface area contributed by atoms with Gasteiger partial charge in [0.1, 0.15) is 23.2 Å². The molecule has 0 aliphatic rings. The summed E-state index contributed by atoms with van der Waals surface area (Å²) in [6.07, 6.45) is -1.54. The van der Waals surface area contributed by atoms with Crippen LogP contribution in [0.1, 0.15) is 5.56 Å². The van der Waals surface area contributed by atoms with Gasteiger partial charge in [-0.05, 0) is 36.4 Å². The van der Waals surface area contributed by atoms with Crippen molar-refractivity contribution in [2.45, 2.75) is 12.6 Å². The number of aliphatic hydroxyl groups is 2. The maximum absolute atomic E-state index is 14.2. The first-order valence-electron chi connectivity index (χ1n) is 9.55. The number of nitrogens with one attached hydrogen (secondary N) is 1. The topological polar surface area (TPSA) is 132 Å². The average molecular weight is 444 g/mol. The molecule has 0 saturated carbocycles. The SMILES string of the molecule is CN(c1ccc(O)c(-c2ccc(CNC(=O)[C@@H](O)CO)c(N)n2)c1)c1ccc(F)cc1F. The van der Waals surface area contributed by atoms with Gasteiger partial charge in [0.25, 0.3) is 5.91 Å². The predicted octanol–water partition coefficient (Wildman–Crippen LogP) is 2.05. The van der Waals surface area contributed by atoms with E-state index in [4.69, 9.17) is 10.8 Å². The first kappa shape index (κ1) is 22.9. The molecule has 0 unspecified atom stereocenters. The molecule has 1 atom stereocenters. The molecule has 6 N–H and O–H groups in total. The highest BCUT2D eigenvalue weighted by molar-refractivity contribution is 5.81. The summed E-state index contributed by atoms with van der Waals surface area (Å²) >= 11 is 0. The van der Waals surface area contributed by atoms with Gasteiger partial charge >= 0.3 is 0 Å². The summed E-state index contributed by atoms with van der Waals surface area (Å²) < 4.78 is 27.4. The van der Waals surface area contributed by atoms with Crippen LogP contribution in [-0.2, 0) is 11.3 Å². The number of aliphatic hydroxyl groups excluding tert-OH is 2. The zero-order valence-electron chi connectivity index (χ0n) is 17.1. The summed E-state index contributed by atoms with van der Waals surface area (Å²) in [4.78, 5) is 17.3. The molecule has 0 aliphatic carbocycles. The van der Waals surface area contributed by atoms with Gasteiger partial charge in [0, 0.05) is 36.5 Å². The van der Waals surface area contributed by atoms with Gasteiger partial charge in [-0.2, -0.15) is 0 Å². The predicted molar refractivity (Wildman–Crippen MR) is 115 cm³/mol. The number of phenols is 1. The highest BCUT2D eigenvalue weighted by Crippen LogP contribution is 2.35. The van der Waals surface area contributed by atoms with E-state index in [1.54, 1.807) is 31.3 Å². The van der Waals surface area contributed by atoms with Gasteiger partial charge in [0.05, 0.1) is 18.0 Å². The third kappa shape index (κ3) is 4.93. The second-order valence-corrected chi connectivity index (χ2v) is 7.01.